The predicted molar refractivity (Wildman–Crippen MR) is 73.7 cm³/mol. The minimum atomic E-state index is 0.103. The molecule has 2 amide bonds. The lowest BCUT2D eigenvalue weighted by molar-refractivity contribution is 0.0760. The fourth-order valence-corrected chi connectivity index (χ4v) is 2.06. The summed E-state index contributed by atoms with van der Waals surface area (Å²) in [4.78, 5) is 13.8. The first kappa shape index (κ1) is 15.3. The molecule has 1 rings (SSSR count). The highest BCUT2D eigenvalue weighted by Crippen LogP contribution is 2.15. The van der Waals surface area contributed by atoms with E-state index < -0.39 is 0 Å². The molecule has 0 aromatic heterocycles. The molecule has 1 saturated heterocycles. The van der Waals surface area contributed by atoms with E-state index in [2.05, 4.69) is 12.2 Å². The Morgan fingerprint density at radius 1 is 1.33 bits per heavy atom. The summed E-state index contributed by atoms with van der Waals surface area (Å²) in [6.07, 6.45) is 4.57. The van der Waals surface area contributed by atoms with Crippen molar-refractivity contribution in [2.45, 2.75) is 52.6 Å². The fraction of sp³-hybridized carbons (Fsp3) is 0.929. The summed E-state index contributed by atoms with van der Waals surface area (Å²) in [5.41, 5.74) is 0. The lowest BCUT2D eigenvalue weighted by Crippen LogP contribution is -2.44. The Morgan fingerprint density at radius 2 is 2.00 bits per heavy atom. The third-order valence-electron chi connectivity index (χ3n) is 3.37. The van der Waals surface area contributed by atoms with Crippen molar-refractivity contribution in [3.05, 3.63) is 0 Å². The molecule has 4 nitrogen and oxygen atoms in total. The summed E-state index contributed by atoms with van der Waals surface area (Å²) in [5.74, 6) is 0.766. The zero-order valence-corrected chi connectivity index (χ0v) is 12.1. The van der Waals surface area contributed by atoms with Gasteiger partial charge in [0.15, 0.2) is 0 Å². The van der Waals surface area contributed by atoms with Gasteiger partial charge in [-0.2, -0.15) is 0 Å². The zero-order chi connectivity index (χ0) is 13.4. The van der Waals surface area contributed by atoms with Crippen LogP contribution in [0.1, 0.15) is 46.5 Å². The molecule has 0 aromatic carbocycles. The van der Waals surface area contributed by atoms with Crippen molar-refractivity contribution < 1.29 is 9.53 Å². The highest BCUT2D eigenvalue weighted by molar-refractivity contribution is 5.74. The third-order valence-corrected chi connectivity index (χ3v) is 3.37. The summed E-state index contributed by atoms with van der Waals surface area (Å²) in [6.45, 7) is 9.69. The summed E-state index contributed by atoms with van der Waals surface area (Å²) in [7, 11) is 0. The molecule has 106 valence electrons. The number of rotatable bonds is 6. The van der Waals surface area contributed by atoms with Crippen molar-refractivity contribution in [3.63, 3.8) is 0 Å². The topological polar surface area (TPSA) is 41.6 Å². The number of nitrogens with one attached hydrogen (secondary N) is 1. The van der Waals surface area contributed by atoms with Crippen molar-refractivity contribution in [2.75, 3.05) is 26.2 Å². The van der Waals surface area contributed by atoms with E-state index >= 15 is 0 Å². The third kappa shape index (κ3) is 6.24. The summed E-state index contributed by atoms with van der Waals surface area (Å²) < 4.78 is 5.45. The van der Waals surface area contributed by atoms with E-state index in [0.717, 1.165) is 57.8 Å². The van der Waals surface area contributed by atoms with Gasteiger partial charge in [0.1, 0.15) is 0 Å². The SMILES string of the molecule is CC1CCN(C(=O)NCCCCOC(C)C)CC1. The molecule has 1 N–H and O–H groups in total. The van der Waals surface area contributed by atoms with E-state index in [9.17, 15) is 4.79 Å². The fourth-order valence-electron chi connectivity index (χ4n) is 2.06. The standard InChI is InChI=1S/C14H28N2O2/c1-12(2)18-11-5-4-8-15-14(17)16-9-6-13(3)7-10-16/h12-13H,4-11H2,1-3H3,(H,15,17). The lowest BCUT2D eigenvalue weighted by Gasteiger charge is -2.30. The minimum Gasteiger partial charge on any atom is -0.379 e. The number of nitrogens with zero attached hydrogens (tertiary/aromatic N) is 1. The predicted octanol–water partition coefficient (Wildman–Crippen LogP) is 2.63. The average molecular weight is 256 g/mol. The summed E-state index contributed by atoms with van der Waals surface area (Å²) in [6, 6.07) is 0.103. The maximum Gasteiger partial charge on any atom is 0.317 e. The van der Waals surface area contributed by atoms with Crippen LogP contribution in [-0.2, 0) is 4.74 Å². The molecule has 0 aromatic rings. The Balaban J connectivity index is 2.00. The number of carbonyl (C=O) groups is 1. The van der Waals surface area contributed by atoms with Crippen LogP contribution in [0.5, 0.6) is 0 Å². The monoisotopic (exact) mass is 256 g/mol. The molecule has 0 radical (unpaired) electrons. The molecule has 1 heterocycles. The Kier molecular flexibility index (Phi) is 7.09. The second-order valence-electron chi connectivity index (χ2n) is 5.53. The molecule has 4 heteroatoms. The number of unbranched alkanes of at least 4 members (excludes halogenated alkanes) is 1. The van der Waals surface area contributed by atoms with Crippen LogP contribution in [0.4, 0.5) is 4.79 Å². The van der Waals surface area contributed by atoms with E-state index in [0.29, 0.717) is 6.10 Å². The Labute approximate surface area is 111 Å². The van der Waals surface area contributed by atoms with Gasteiger partial charge >= 0.3 is 6.03 Å². The van der Waals surface area contributed by atoms with E-state index in [-0.39, 0.29) is 6.03 Å². The first-order chi connectivity index (χ1) is 8.59. The molecule has 0 aliphatic carbocycles. The first-order valence-corrected chi connectivity index (χ1v) is 7.24. The summed E-state index contributed by atoms with van der Waals surface area (Å²) >= 11 is 0. The quantitative estimate of drug-likeness (QED) is 0.742. The number of likely N-dealkylation sites (tertiary alicyclic amines) is 1. The van der Waals surface area contributed by atoms with Gasteiger partial charge in [-0.05, 0) is 45.4 Å². The van der Waals surface area contributed by atoms with E-state index in [1.807, 2.05) is 18.7 Å². The Morgan fingerprint density at radius 3 is 2.61 bits per heavy atom. The number of hydrogen-bond donors (Lipinski definition) is 1. The number of hydrogen-bond acceptors (Lipinski definition) is 2. The second-order valence-corrected chi connectivity index (χ2v) is 5.53. The van der Waals surface area contributed by atoms with Crippen LogP contribution in [0.2, 0.25) is 0 Å². The van der Waals surface area contributed by atoms with Crippen molar-refractivity contribution >= 4 is 6.03 Å². The molecule has 1 aliphatic heterocycles. The highest BCUT2D eigenvalue weighted by atomic mass is 16.5. The molecule has 1 aliphatic rings. The van der Waals surface area contributed by atoms with Crippen molar-refractivity contribution in [3.8, 4) is 0 Å². The van der Waals surface area contributed by atoms with Crippen LogP contribution in [0, 0.1) is 5.92 Å². The van der Waals surface area contributed by atoms with Crippen LogP contribution in [-0.4, -0.2) is 43.3 Å². The molecule has 0 spiro atoms. The van der Waals surface area contributed by atoms with Gasteiger partial charge in [-0.25, -0.2) is 4.79 Å². The molecule has 0 saturated carbocycles. The normalized spacial score (nSPS) is 17.2. The number of piperidine rings is 1. The summed E-state index contributed by atoms with van der Waals surface area (Å²) in [5, 5.41) is 2.99. The molecular formula is C14H28N2O2. The average Bonchev–Trinajstić information content (AvgIpc) is 2.34. The molecule has 0 atom stereocenters. The van der Waals surface area contributed by atoms with Gasteiger partial charge in [0.2, 0.25) is 0 Å². The van der Waals surface area contributed by atoms with Crippen LogP contribution in [0.25, 0.3) is 0 Å². The van der Waals surface area contributed by atoms with Crippen molar-refractivity contribution in [1.29, 1.82) is 0 Å². The van der Waals surface area contributed by atoms with Gasteiger partial charge in [-0.15, -0.1) is 0 Å². The maximum atomic E-state index is 11.8. The van der Waals surface area contributed by atoms with Crippen LogP contribution < -0.4 is 5.32 Å². The highest BCUT2D eigenvalue weighted by Gasteiger charge is 2.19. The smallest absolute Gasteiger partial charge is 0.317 e. The van der Waals surface area contributed by atoms with Crippen LogP contribution >= 0.6 is 0 Å². The number of urea groups is 1. The lowest BCUT2D eigenvalue weighted by atomic mass is 10.00. The van der Waals surface area contributed by atoms with Crippen LogP contribution in [0.3, 0.4) is 0 Å². The Hall–Kier alpha value is -0.770. The molecule has 0 unspecified atom stereocenters. The van der Waals surface area contributed by atoms with E-state index in [1.54, 1.807) is 0 Å². The molecule has 1 fully saturated rings. The van der Waals surface area contributed by atoms with Gasteiger partial charge in [0.25, 0.3) is 0 Å². The van der Waals surface area contributed by atoms with Gasteiger partial charge in [0, 0.05) is 26.2 Å². The number of carbonyl (C=O) groups excluding carboxylic acids is 1. The second kappa shape index (κ2) is 8.35. The minimum absolute atomic E-state index is 0.103. The maximum absolute atomic E-state index is 11.8. The number of amides is 2. The van der Waals surface area contributed by atoms with Gasteiger partial charge in [0.05, 0.1) is 6.10 Å². The van der Waals surface area contributed by atoms with Crippen molar-refractivity contribution in [1.82, 2.24) is 10.2 Å². The van der Waals surface area contributed by atoms with E-state index in [4.69, 9.17) is 4.74 Å². The molecule has 18 heavy (non-hydrogen) atoms. The largest absolute Gasteiger partial charge is 0.379 e. The molecular weight excluding hydrogens is 228 g/mol. The molecule has 0 bridgehead atoms. The van der Waals surface area contributed by atoms with Gasteiger partial charge in [-0.1, -0.05) is 6.92 Å². The Bertz CT molecular complexity index is 236. The zero-order valence-electron chi connectivity index (χ0n) is 12.1. The van der Waals surface area contributed by atoms with Gasteiger partial charge < -0.3 is 15.0 Å². The van der Waals surface area contributed by atoms with Crippen LogP contribution in [0.15, 0.2) is 0 Å². The number of ether oxygens (including phenoxy) is 1. The first-order valence-electron chi connectivity index (χ1n) is 7.24. The van der Waals surface area contributed by atoms with Crippen molar-refractivity contribution in [2.24, 2.45) is 5.92 Å². The van der Waals surface area contributed by atoms with E-state index in [1.165, 1.54) is 0 Å². The van der Waals surface area contributed by atoms with Gasteiger partial charge in [-0.3, -0.25) is 0 Å².